The topological polar surface area (TPSA) is 40.7 Å². The van der Waals surface area contributed by atoms with Crippen molar-refractivity contribution in [3.05, 3.63) is 30.1 Å². The molecule has 0 saturated carbocycles. The highest BCUT2D eigenvalue weighted by atomic mass is 14.9. The van der Waals surface area contributed by atoms with Gasteiger partial charge in [-0.15, -0.1) is 0 Å². The molecule has 3 heterocycles. The molecule has 14 heavy (non-hydrogen) atoms. The number of hydrogen-bond donors (Lipinski definition) is 2. The molecule has 1 unspecified atom stereocenters. The van der Waals surface area contributed by atoms with E-state index in [1.54, 1.807) is 0 Å². The van der Waals surface area contributed by atoms with Gasteiger partial charge >= 0.3 is 0 Å². The van der Waals surface area contributed by atoms with Crippen LogP contribution in [-0.2, 0) is 0 Å². The van der Waals surface area contributed by atoms with Crippen molar-refractivity contribution < 1.29 is 0 Å². The maximum absolute atomic E-state index is 4.43. The Bertz CT molecular complexity index is 440. The minimum atomic E-state index is 0.648. The number of hydrogen-bond acceptors (Lipinski definition) is 2. The van der Waals surface area contributed by atoms with Crippen LogP contribution in [0.25, 0.3) is 11.0 Å². The normalized spacial score (nSPS) is 21.9. The zero-order chi connectivity index (χ0) is 9.38. The van der Waals surface area contributed by atoms with Gasteiger partial charge in [-0.05, 0) is 36.6 Å². The quantitative estimate of drug-likeness (QED) is 0.712. The van der Waals surface area contributed by atoms with Crippen molar-refractivity contribution in [1.82, 2.24) is 15.3 Å². The highest BCUT2D eigenvalue weighted by molar-refractivity contribution is 5.75. The molecule has 1 aliphatic heterocycles. The van der Waals surface area contributed by atoms with Gasteiger partial charge < -0.3 is 10.3 Å². The second kappa shape index (κ2) is 3.10. The molecule has 2 aromatic rings. The van der Waals surface area contributed by atoms with Crippen LogP contribution in [-0.4, -0.2) is 23.1 Å². The first-order valence-corrected chi connectivity index (χ1v) is 5.07. The van der Waals surface area contributed by atoms with Gasteiger partial charge in [0, 0.05) is 18.9 Å². The van der Waals surface area contributed by atoms with Gasteiger partial charge in [0.1, 0.15) is 0 Å². The number of fused-ring (bicyclic) bond motifs is 1. The summed E-state index contributed by atoms with van der Waals surface area (Å²) >= 11 is 0. The van der Waals surface area contributed by atoms with Crippen LogP contribution in [0.2, 0.25) is 0 Å². The lowest BCUT2D eigenvalue weighted by atomic mass is 10.0. The molecule has 0 amide bonds. The Hall–Kier alpha value is -1.35. The van der Waals surface area contributed by atoms with Crippen molar-refractivity contribution in [2.24, 2.45) is 0 Å². The molecule has 0 bridgehead atoms. The van der Waals surface area contributed by atoms with Crippen molar-refractivity contribution in [3.63, 3.8) is 0 Å². The molecule has 0 spiro atoms. The Morgan fingerprint density at radius 2 is 2.43 bits per heavy atom. The third-order valence-corrected chi connectivity index (χ3v) is 2.95. The predicted molar refractivity (Wildman–Crippen MR) is 56.3 cm³/mol. The zero-order valence-electron chi connectivity index (χ0n) is 7.96. The molecular weight excluding hydrogens is 174 g/mol. The Labute approximate surface area is 82.5 Å². The number of H-pyrrole nitrogens is 1. The fourth-order valence-corrected chi connectivity index (χ4v) is 2.11. The molecule has 1 atom stereocenters. The Morgan fingerprint density at radius 3 is 3.29 bits per heavy atom. The van der Waals surface area contributed by atoms with Gasteiger partial charge in [0.15, 0.2) is 0 Å². The summed E-state index contributed by atoms with van der Waals surface area (Å²) in [5.41, 5.74) is 3.55. The highest BCUT2D eigenvalue weighted by Gasteiger charge is 2.16. The lowest BCUT2D eigenvalue weighted by Gasteiger charge is -2.07. The van der Waals surface area contributed by atoms with Crippen LogP contribution >= 0.6 is 0 Å². The number of aromatic amines is 1. The monoisotopic (exact) mass is 187 g/mol. The Kier molecular flexibility index (Phi) is 1.77. The van der Waals surface area contributed by atoms with Crippen LogP contribution in [0.4, 0.5) is 0 Å². The Balaban J connectivity index is 2.04. The van der Waals surface area contributed by atoms with Crippen LogP contribution in [0.3, 0.4) is 0 Å². The zero-order valence-corrected chi connectivity index (χ0v) is 7.96. The first-order valence-electron chi connectivity index (χ1n) is 5.07. The lowest BCUT2D eigenvalue weighted by Crippen LogP contribution is -2.08. The second-order valence-corrected chi connectivity index (χ2v) is 3.87. The molecule has 1 aliphatic rings. The van der Waals surface area contributed by atoms with Crippen molar-refractivity contribution in [3.8, 4) is 0 Å². The predicted octanol–water partition coefficient (Wildman–Crippen LogP) is 1.64. The fraction of sp³-hybridized carbons (Fsp3) is 0.364. The van der Waals surface area contributed by atoms with E-state index in [1.165, 1.54) is 12.0 Å². The summed E-state index contributed by atoms with van der Waals surface area (Å²) in [6.07, 6.45) is 5.18. The van der Waals surface area contributed by atoms with E-state index in [4.69, 9.17) is 0 Å². The molecule has 3 heteroatoms. The van der Waals surface area contributed by atoms with Gasteiger partial charge in [-0.2, -0.15) is 0 Å². The molecule has 0 radical (unpaired) electrons. The first-order chi connectivity index (χ1) is 6.93. The number of aromatic nitrogens is 2. The van der Waals surface area contributed by atoms with Crippen LogP contribution in [0.15, 0.2) is 24.5 Å². The summed E-state index contributed by atoms with van der Waals surface area (Å²) in [5.74, 6) is 0.648. The lowest BCUT2D eigenvalue weighted by molar-refractivity contribution is 0.761. The molecule has 0 aliphatic carbocycles. The summed E-state index contributed by atoms with van der Waals surface area (Å²) < 4.78 is 0. The summed E-state index contributed by atoms with van der Waals surface area (Å²) in [6.45, 7) is 2.22. The first kappa shape index (κ1) is 8.00. The summed E-state index contributed by atoms with van der Waals surface area (Å²) in [7, 11) is 0. The van der Waals surface area contributed by atoms with Gasteiger partial charge in [0.25, 0.3) is 0 Å². The maximum atomic E-state index is 4.43. The molecule has 3 rings (SSSR count). The highest BCUT2D eigenvalue weighted by Crippen LogP contribution is 2.23. The molecule has 1 saturated heterocycles. The molecule has 3 nitrogen and oxygen atoms in total. The fourth-order valence-electron chi connectivity index (χ4n) is 2.11. The van der Waals surface area contributed by atoms with Crippen molar-refractivity contribution in [2.45, 2.75) is 12.3 Å². The van der Waals surface area contributed by atoms with Gasteiger partial charge in [0.2, 0.25) is 0 Å². The summed E-state index contributed by atoms with van der Waals surface area (Å²) in [5, 5.41) is 3.37. The van der Waals surface area contributed by atoms with Crippen LogP contribution in [0, 0.1) is 0 Å². The number of nitrogens with one attached hydrogen (secondary N) is 2. The van der Waals surface area contributed by atoms with E-state index in [1.807, 2.05) is 18.5 Å². The van der Waals surface area contributed by atoms with E-state index in [9.17, 15) is 0 Å². The minimum Gasteiger partial charge on any atom is -0.360 e. The van der Waals surface area contributed by atoms with E-state index in [2.05, 4.69) is 21.4 Å². The van der Waals surface area contributed by atoms with Gasteiger partial charge in [-0.1, -0.05) is 0 Å². The van der Waals surface area contributed by atoms with E-state index < -0.39 is 0 Å². The SMILES string of the molecule is c1cc2ncc(C3CCNC3)cc2[nH]1. The van der Waals surface area contributed by atoms with Gasteiger partial charge in [-0.3, -0.25) is 4.98 Å². The van der Waals surface area contributed by atoms with Gasteiger partial charge in [0.05, 0.1) is 11.0 Å². The van der Waals surface area contributed by atoms with Crippen molar-refractivity contribution >= 4 is 11.0 Å². The third-order valence-electron chi connectivity index (χ3n) is 2.95. The molecule has 2 N–H and O–H groups in total. The number of rotatable bonds is 1. The second-order valence-electron chi connectivity index (χ2n) is 3.87. The van der Waals surface area contributed by atoms with Crippen LogP contribution in [0.1, 0.15) is 17.9 Å². The van der Waals surface area contributed by atoms with Crippen molar-refractivity contribution in [2.75, 3.05) is 13.1 Å². The molecular formula is C11H13N3. The largest absolute Gasteiger partial charge is 0.360 e. The summed E-state index contributed by atoms with van der Waals surface area (Å²) in [6, 6.07) is 4.23. The smallest absolute Gasteiger partial charge is 0.0878 e. The molecule has 2 aromatic heterocycles. The minimum absolute atomic E-state index is 0.648. The molecule has 0 aromatic carbocycles. The van der Waals surface area contributed by atoms with E-state index >= 15 is 0 Å². The van der Waals surface area contributed by atoms with Crippen LogP contribution in [0.5, 0.6) is 0 Å². The average Bonchev–Trinajstić information content (AvgIpc) is 2.88. The summed E-state index contributed by atoms with van der Waals surface area (Å²) in [4.78, 5) is 7.63. The molecule has 72 valence electrons. The van der Waals surface area contributed by atoms with E-state index in [-0.39, 0.29) is 0 Å². The standard InChI is InChI=1S/C11H13N3/c1-3-12-6-8(1)9-5-11-10(14-7-9)2-4-13-11/h2,4-5,7-8,12-13H,1,3,6H2. The van der Waals surface area contributed by atoms with Crippen LogP contribution < -0.4 is 5.32 Å². The molecule has 1 fully saturated rings. The number of nitrogens with zero attached hydrogens (tertiary/aromatic N) is 1. The number of pyridine rings is 1. The van der Waals surface area contributed by atoms with Crippen molar-refractivity contribution in [1.29, 1.82) is 0 Å². The van der Waals surface area contributed by atoms with Gasteiger partial charge in [-0.25, -0.2) is 0 Å². The Morgan fingerprint density at radius 1 is 1.43 bits per heavy atom. The van der Waals surface area contributed by atoms with E-state index in [0.29, 0.717) is 5.92 Å². The third kappa shape index (κ3) is 1.21. The maximum Gasteiger partial charge on any atom is 0.0878 e. The van der Waals surface area contributed by atoms with E-state index in [0.717, 1.165) is 24.1 Å². The average molecular weight is 187 g/mol.